The number of rotatable bonds is 8. The summed E-state index contributed by atoms with van der Waals surface area (Å²) in [5.41, 5.74) is -0.728. The summed E-state index contributed by atoms with van der Waals surface area (Å²) < 4.78 is 43.6. The molecule has 0 spiro atoms. The van der Waals surface area contributed by atoms with E-state index in [1.165, 1.54) is 10.8 Å². The van der Waals surface area contributed by atoms with Crippen LogP contribution in [0.15, 0.2) is 76.4 Å². The molecule has 204 valence electrons. The Morgan fingerprint density at radius 2 is 1.58 bits per heavy atom. The normalized spacial score (nSPS) is 20.5. The van der Waals surface area contributed by atoms with E-state index in [1.54, 1.807) is 6.92 Å². The second-order valence-electron chi connectivity index (χ2n) is 10.7. The van der Waals surface area contributed by atoms with Gasteiger partial charge in [-0.1, -0.05) is 81.4 Å². The molecule has 1 aromatic heterocycles. The van der Waals surface area contributed by atoms with Gasteiger partial charge < -0.3 is 9.16 Å². The van der Waals surface area contributed by atoms with Crippen LogP contribution in [0, 0.1) is 6.92 Å². The quantitative estimate of drug-likeness (QED) is 0.332. The number of hydrogen-bond acceptors (Lipinski definition) is 7. The molecule has 0 unspecified atom stereocenters. The van der Waals surface area contributed by atoms with Crippen molar-refractivity contribution in [2.24, 2.45) is 0 Å². The highest BCUT2D eigenvalue weighted by molar-refractivity contribution is 7.85. The third-order valence-corrected chi connectivity index (χ3v) is 12.5. The van der Waals surface area contributed by atoms with Gasteiger partial charge in [0.1, 0.15) is 12.3 Å². The van der Waals surface area contributed by atoms with Crippen molar-refractivity contribution >= 4 is 28.8 Å². The van der Waals surface area contributed by atoms with Crippen LogP contribution in [0.3, 0.4) is 0 Å². The monoisotopic (exact) mass is 558 g/mol. The summed E-state index contributed by atoms with van der Waals surface area (Å²) >= 11 is 0. The van der Waals surface area contributed by atoms with Crippen molar-refractivity contribution in [2.45, 2.75) is 57.6 Å². The predicted octanol–water partition coefficient (Wildman–Crippen LogP) is 2.05. The molecule has 1 fully saturated rings. The molecule has 1 saturated heterocycles. The first-order valence-electron chi connectivity index (χ1n) is 12.4. The Morgan fingerprint density at radius 3 is 2.08 bits per heavy atom. The maximum Gasteiger partial charge on any atom is 0.330 e. The summed E-state index contributed by atoms with van der Waals surface area (Å²) in [6.45, 7) is 7.76. The van der Waals surface area contributed by atoms with Gasteiger partial charge in [0.05, 0.1) is 19.0 Å². The Kier molecular flexibility index (Phi) is 7.96. The van der Waals surface area contributed by atoms with Crippen LogP contribution in [0.5, 0.6) is 0 Å². The highest BCUT2D eigenvalue weighted by Crippen LogP contribution is 2.41. The van der Waals surface area contributed by atoms with Crippen molar-refractivity contribution in [3.05, 3.63) is 93.3 Å². The minimum atomic E-state index is -3.75. The van der Waals surface area contributed by atoms with Crippen LogP contribution in [-0.4, -0.2) is 51.4 Å². The fourth-order valence-corrected chi connectivity index (χ4v) is 10.2. The number of H-pyrrole nitrogens is 1. The highest BCUT2D eigenvalue weighted by atomic mass is 32.2. The minimum Gasteiger partial charge on any atom is -0.402 e. The van der Waals surface area contributed by atoms with Crippen molar-refractivity contribution in [2.75, 3.05) is 12.9 Å². The average molecular weight is 559 g/mol. The summed E-state index contributed by atoms with van der Waals surface area (Å²) in [6, 6.07) is 20.1. The van der Waals surface area contributed by atoms with E-state index < -0.39 is 48.1 Å². The summed E-state index contributed by atoms with van der Waals surface area (Å²) in [5, 5.41) is 1.78. The molecule has 11 heteroatoms. The lowest BCUT2D eigenvalue weighted by Gasteiger charge is -2.45. The largest absolute Gasteiger partial charge is 0.402 e. The van der Waals surface area contributed by atoms with E-state index >= 15 is 0 Å². The fourth-order valence-electron chi connectivity index (χ4n) is 5.05. The molecule has 9 nitrogen and oxygen atoms in total. The molecule has 1 N–H and O–H groups in total. The molecular formula is C27H34N2O7SSi. The van der Waals surface area contributed by atoms with Crippen molar-refractivity contribution in [3.8, 4) is 0 Å². The molecule has 3 aromatic rings. The molecule has 2 heterocycles. The van der Waals surface area contributed by atoms with Gasteiger partial charge in [-0.25, -0.2) is 4.79 Å². The van der Waals surface area contributed by atoms with Gasteiger partial charge in [-0.15, -0.1) is 0 Å². The summed E-state index contributed by atoms with van der Waals surface area (Å²) in [7, 11) is -6.78. The molecule has 0 saturated carbocycles. The molecular weight excluding hydrogens is 524 g/mol. The number of aromatic nitrogens is 2. The van der Waals surface area contributed by atoms with E-state index in [0.29, 0.717) is 5.56 Å². The topological polar surface area (TPSA) is 117 Å². The van der Waals surface area contributed by atoms with Crippen molar-refractivity contribution in [3.63, 3.8) is 0 Å². The maximum absolute atomic E-state index is 12.7. The Hall–Kier alpha value is -2.83. The van der Waals surface area contributed by atoms with E-state index in [4.69, 9.17) is 13.3 Å². The third kappa shape index (κ3) is 5.76. The molecule has 3 atom stereocenters. The number of aryl methyl sites for hydroxylation is 1. The van der Waals surface area contributed by atoms with E-state index in [-0.39, 0.29) is 18.1 Å². The molecule has 1 aliphatic heterocycles. The lowest BCUT2D eigenvalue weighted by molar-refractivity contribution is -0.0373. The zero-order valence-electron chi connectivity index (χ0n) is 22.2. The van der Waals surface area contributed by atoms with Crippen LogP contribution < -0.4 is 21.6 Å². The van der Waals surface area contributed by atoms with Crippen LogP contribution >= 0.6 is 0 Å². The zero-order chi connectivity index (χ0) is 27.7. The predicted molar refractivity (Wildman–Crippen MR) is 148 cm³/mol. The fraction of sp³-hybridized carbons (Fsp3) is 0.407. The molecule has 4 rings (SSSR count). The second-order valence-corrected chi connectivity index (χ2v) is 16.5. The second kappa shape index (κ2) is 10.7. The summed E-state index contributed by atoms with van der Waals surface area (Å²) in [6.07, 6.45) is 0.518. The molecule has 0 amide bonds. The highest BCUT2D eigenvalue weighted by Gasteiger charge is 2.54. The van der Waals surface area contributed by atoms with E-state index in [2.05, 4.69) is 50.0 Å². The lowest BCUT2D eigenvalue weighted by atomic mass is 10.2. The Morgan fingerprint density at radius 1 is 1.03 bits per heavy atom. The third-order valence-electron chi connectivity index (χ3n) is 6.83. The molecule has 0 bridgehead atoms. The number of hydrogen-bond donors (Lipinski definition) is 1. The van der Waals surface area contributed by atoms with Crippen LogP contribution in [0.4, 0.5) is 0 Å². The summed E-state index contributed by atoms with van der Waals surface area (Å²) in [4.78, 5) is 26.9. The average Bonchev–Trinajstić information content (AvgIpc) is 3.25. The van der Waals surface area contributed by atoms with E-state index in [9.17, 15) is 18.0 Å². The van der Waals surface area contributed by atoms with Gasteiger partial charge in [0.2, 0.25) is 0 Å². The van der Waals surface area contributed by atoms with Crippen molar-refractivity contribution < 1.29 is 21.8 Å². The van der Waals surface area contributed by atoms with Crippen molar-refractivity contribution in [1.82, 2.24) is 9.55 Å². The number of nitrogens with one attached hydrogen (secondary N) is 1. The van der Waals surface area contributed by atoms with Gasteiger partial charge in [-0.2, -0.15) is 8.42 Å². The van der Waals surface area contributed by atoms with Crippen LogP contribution in [0.2, 0.25) is 5.04 Å². The van der Waals surface area contributed by atoms with Crippen LogP contribution in [-0.2, 0) is 23.5 Å². The zero-order valence-corrected chi connectivity index (χ0v) is 24.0. The van der Waals surface area contributed by atoms with E-state index in [1.807, 2.05) is 36.4 Å². The van der Waals surface area contributed by atoms with Crippen LogP contribution in [0.1, 0.15) is 39.0 Å². The summed E-state index contributed by atoms with van der Waals surface area (Å²) in [5.74, 6) is 0. The van der Waals surface area contributed by atoms with E-state index in [0.717, 1.165) is 16.6 Å². The number of aromatic amines is 1. The van der Waals surface area contributed by atoms with Gasteiger partial charge in [0, 0.05) is 18.2 Å². The van der Waals surface area contributed by atoms with Gasteiger partial charge in [-0.3, -0.25) is 18.5 Å². The van der Waals surface area contributed by atoms with Gasteiger partial charge in [0.25, 0.3) is 24.0 Å². The molecule has 2 aromatic carbocycles. The lowest BCUT2D eigenvalue weighted by Crippen LogP contribution is -2.68. The van der Waals surface area contributed by atoms with Crippen LogP contribution in [0.25, 0.3) is 0 Å². The smallest absolute Gasteiger partial charge is 0.330 e. The van der Waals surface area contributed by atoms with Gasteiger partial charge in [-0.05, 0) is 22.3 Å². The number of nitrogens with zero attached hydrogens (tertiary/aromatic N) is 1. The standard InChI is InChI=1S/C27H34N2O7SSi/c1-19-17-29(26(31)28-25(19)30)24-16-22(23(35-24)18-34-37(5,32)33)36-38(27(2,3)4,20-12-8-6-9-13-20)21-14-10-7-11-15-21/h6-15,17,22-24H,16,18H2,1-5H3,(H,28,30,31)/t22-,23+,24+/m0/s1. The molecule has 0 aliphatic carbocycles. The van der Waals surface area contributed by atoms with Crippen molar-refractivity contribution in [1.29, 1.82) is 0 Å². The molecule has 38 heavy (non-hydrogen) atoms. The Balaban J connectivity index is 1.82. The minimum absolute atomic E-state index is 0.258. The first kappa shape index (κ1) is 28.2. The SMILES string of the molecule is Cc1cn([C@H]2C[C@H](O[Si](c3ccccc3)(c3ccccc3)C(C)(C)C)[C@@H](COS(C)(=O)=O)O2)c(=O)[nH]c1=O. The molecule has 1 aliphatic rings. The first-order chi connectivity index (χ1) is 17.8. The first-order valence-corrected chi connectivity index (χ1v) is 16.1. The van der Waals surface area contributed by atoms with Gasteiger partial charge >= 0.3 is 5.69 Å². The van der Waals surface area contributed by atoms with Gasteiger partial charge in [0.15, 0.2) is 0 Å². The Bertz CT molecular complexity index is 1440. The Labute approximate surface area is 223 Å². The molecule has 0 radical (unpaired) electrons. The number of ether oxygens (including phenoxy) is 1. The maximum atomic E-state index is 12.7. The number of benzene rings is 2.